The molecule has 0 aromatic heterocycles. The molecule has 1 aliphatic rings. The monoisotopic (exact) mass is 200 g/mol. The summed E-state index contributed by atoms with van der Waals surface area (Å²) < 4.78 is 5.14. The average molecular weight is 200 g/mol. The van der Waals surface area contributed by atoms with Crippen molar-refractivity contribution in [3.8, 4) is 0 Å². The van der Waals surface area contributed by atoms with Crippen LogP contribution in [-0.2, 0) is 19.3 Å². The van der Waals surface area contributed by atoms with Crippen LogP contribution < -0.4 is 0 Å². The largest absolute Gasteiger partial charge is 0.458 e. The van der Waals surface area contributed by atoms with Crippen molar-refractivity contribution >= 4 is 5.97 Å². The molecular weight excluding hydrogens is 184 g/mol. The number of ether oxygens (including phenoxy) is 1. The van der Waals surface area contributed by atoms with E-state index >= 15 is 0 Å². The number of hydrogen-bond donors (Lipinski definition) is 0. The third-order valence-corrected chi connectivity index (χ3v) is 1.67. The first-order valence-corrected chi connectivity index (χ1v) is 4.60. The van der Waals surface area contributed by atoms with Gasteiger partial charge in [-0.05, 0) is 20.8 Å². The second kappa shape index (κ2) is 4.11. The lowest BCUT2D eigenvalue weighted by atomic mass is 10.1. The lowest BCUT2D eigenvalue weighted by Crippen LogP contribution is -2.31. The maximum absolute atomic E-state index is 11.5. The van der Waals surface area contributed by atoms with E-state index in [-0.39, 0.29) is 12.1 Å². The van der Waals surface area contributed by atoms with E-state index in [1.165, 1.54) is 0 Å². The molecule has 0 aromatic carbocycles. The van der Waals surface area contributed by atoms with Gasteiger partial charge in [-0.15, -0.1) is 6.58 Å². The Morgan fingerprint density at radius 1 is 1.50 bits per heavy atom. The van der Waals surface area contributed by atoms with Crippen LogP contribution in [0, 0.1) is 0 Å². The van der Waals surface area contributed by atoms with Crippen molar-refractivity contribution in [1.29, 1.82) is 0 Å². The third kappa shape index (κ3) is 3.12. The Balaban J connectivity index is 2.43. The second-order valence-corrected chi connectivity index (χ2v) is 4.22. The number of hydrogen-bond acceptors (Lipinski definition) is 4. The third-order valence-electron chi connectivity index (χ3n) is 1.67. The molecule has 1 aliphatic heterocycles. The minimum atomic E-state index is -0.628. The van der Waals surface area contributed by atoms with Crippen LogP contribution in [0.3, 0.4) is 0 Å². The molecule has 4 heteroatoms. The van der Waals surface area contributed by atoms with E-state index in [2.05, 4.69) is 6.58 Å². The zero-order valence-corrected chi connectivity index (χ0v) is 8.78. The second-order valence-electron chi connectivity index (χ2n) is 4.22. The van der Waals surface area contributed by atoms with Crippen LogP contribution in [-0.4, -0.2) is 23.8 Å². The molecule has 0 bridgehead atoms. The minimum absolute atomic E-state index is 0.215. The van der Waals surface area contributed by atoms with E-state index in [0.717, 1.165) is 0 Å². The Kier molecular flexibility index (Phi) is 3.29. The summed E-state index contributed by atoms with van der Waals surface area (Å²) in [6.45, 7) is 8.99. The first kappa shape index (κ1) is 11.2. The highest BCUT2D eigenvalue weighted by molar-refractivity contribution is 5.75. The number of esters is 1. The summed E-state index contributed by atoms with van der Waals surface area (Å²) in [5.74, 6) is -0.387. The molecule has 1 saturated heterocycles. The summed E-state index contributed by atoms with van der Waals surface area (Å²) in [7, 11) is 0. The van der Waals surface area contributed by atoms with Gasteiger partial charge in [0, 0.05) is 6.42 Å². The minimum Gasteiger partial charge on any atom is -0.458 e. The van der Waals surface area contributed by atoms with Gasteiger partial charge in [0.25, 0.3) is 0 Å². The lowest BCUT2D eigenvalue weighted by molar-refractivity contribution is -0.288. The first-order valence-electron chi connectivity index (χ1n) is 4.60. The highest BCUT2D eigenvalue weighted by atomic mass is 17.2. The summed E-state index contributed by atoms with van der Waals surface area (Å²) in [6, 6.07) is 0. The van der Waals surface area contributed by atoms with Gasteiger partial charge in [-0.3, -0.25) is 0 Å². The molecule has 0 aliphatic carbocycles. The Labute approximate surface area is 83.8 Å². The smallest absolute Gasteiger partial charge is 0.339 e. The number of rotatable bonds is 2. The Hall–Kier alpha value is -0.870. The van der Waals surface area contributed by atoms with E-state index in [1.807, 2.05) is 20.8 Å². The van der Waals surface area contributed by atoms with Crippen molar-refractivity contribution in [1.82, 2.24) is 0 Å². The molecule has 0 aromatic rings. The Bertz CT molecular complexity index is 229. The zero-order valence-electron chi connectivity index (χ0n) is 8.78. The standard InChI is InChI=1S/C10H16O4/c1-5-7-6-8(14-13-7)9(11)12-10(2,3)4/h5,7-8H,1,6H2,2-4H3/t7-,8-/m1/s1. The van der Waals surface area contributed by atoms with Crippen LogP contribution in [0.2, 0.25) is 0 Å². The van der Waals surface area contributed by atoms with Crippen LogP contribution >= 0.6 is 0 Å². The van der Waals surface area contributed by atoms with E-state index in [0.29, 0.717) is 6.42 Å². The Morgan fingerprint density at radius 2 is 2.14 bits per heavy atom. The lowest BCUT2D eigenvalue weighted by Gasteiger charge is -2.20. The Morgan fingerprint density at radius 3 is 2.57 bits per heavy atom. The topological polar surface area (TPSA) is 44.8 Å². The quantitative estimate of drug-likeness (QED) is 0.386. The van der Waals surface area contributed by atoms with Gasteiger partial charge >= 0.3 is 5.97 Å². The van der Waals surface area contributed by atoms with Gasteiger partial charge in [0.05, 0.1) is 0 Å². The molecule has 0 N–H and O–H groups in total. The normalized spacial score (nSPS) is 27.4. The number of carbonyl (C=O) groups excluding carboxylic acids is 1. The van der Waals surface area contributed by atoms with Crippen LogP contribution in [0.25, 0.3) is 0 Å². The van der Waals surface area contributed by atoms with Crippen LogP contribution in [0.1, 0.15) is 27.2 Å². The van der Waals surface area contributed by atoms with E-state index in [1.54, 1.807) is 6.08 Å². The van der Waals surface area contributed by atoms with Gasteiger partial charge in [0.15, 0.2) is 6.10 Å². The maximum Gasteiger partial charge on any atom is 0.339 e. The summed E-state index contributed by atoms with van der Waals surface area (Å²) in [5.41, 5.74) is -0.493. The molecule has 1 rings (SSSR count). The molecule has 14 heavy (non-hydrogen) atoms. The fourth-order valence-electron chi connectivity index (χ4n) is 1.07. The van der Waals surface area contributed by atoms with Gasteiger partial charge < -0.3 is 4.74 Å². The molecule has 0 amide bonds. The molecular formula is C10H16O4. The SMILES string of the molecule is C=C[C@@H]1C[C@H](C(=O)OC(C)(C)C)OO1. The van der Waals surface area contributed by atoms with Crippen molar-refractivity contribution < 1.29 is 19.3 Å². The summed E-state index contributed by atoms with van der Waals surface area (Å²) in [4.78, 5) is 21.1. The highest BCUT2D eigenvalue weighted by Crippen LogP contribution is 2.20. The fourth-order valence-corrected chi connectivity index (χ4v) is 1.07. The van der Waals surface area contributed by atoms with Crippen LogP contribution in [0.15, 0.2) is 12.7 Å². The highest BCUT2D eigenvalue weighted by Gasteiger charge is 2.34. The first-order chi connectivity index (χ1) is 6.42. The predicted molar refractivity (Wildman–Crippen MR) is 50.4 cm³/mol. The summed E-state index contributed by atoms with van der Waals surface area (Å²) >= 11 is 0. The molecule has 0 unspecified atom stereocenters. The summed E-state index contributed by atoms with van der Waals surface area (Å²) in [6.07, 6.45) is 1.23. The van der Waals surface area contributed by atoms with Crippen molar-refractivity contribution in [3.05, 3.63) is 12.7 Å². The van der Waals surface area contributed by atoms with Crippen LogP contribution in [0.5, 0.6) is 0 Å². The maximum atomic E-state index is 11.5. The van der Waals surface area contributed by atoms with Crippen molar-refractivity contribution in [2.24, 2.45) is 0 Å². The van der Waals surface area contributed by atoms with Crippen LogP contribution in [0.4, 0.5) is 0 Å². The average Bonchev–Trinajstić information content (AvgIpc) is 2.48. The fraction of sp³-hybridized carbons (Fsp3) is 0.700. The van der Waals surface area contributed by atoms with Gasteiger partial charge in [-0.2, -0.15) is 0 Å². The molecule has 0 saturated carbocycles. The summed E-state index contributed by atoms with van der Waals surface area (Å²) in [5, 5.41) is 0. The van der Waals surface area contributed by atoms with Gasteiger partial charge in [-0.25, -0.2) is 14.6 Å². The number of carbonyl (C=O) groups is 1. The van der Waals surface area contributed by atoms with Gasteiger partial charge in [-0.1, -0.05) is 6.08 Å². The van der Waals surface area contributed by atoms with E-state index < -0.39 is 11.7 Å². The molecule has 0 radical (unpaired) electrons. The molecule has 0 spiro atoms. The van der Waals surface area contributed by atoms with E-state index in [9.17, 15) is 4.79 Å². The molecule has 1 fully saturated rings. The van der Waals surface area contributed by atoms with Gasteiger partial charge in [0.1, 0.15) is 11.7 Å². The van der Waals surface area contributed by atoms with Gasteiger partial charge in [0.2, 0.25) is 0 Å². The molecule has 80 valence electrons. The predicted octanol–water partition coefficient (Wildman–Crippen LogP) is 1.60. The molecule has 1 heterocycles. The van der Waals surface area contributed by atoms with Crippen molar-refractivity contribution in [2.45, 2.75) is 45.0 Å². The van der Waals surface area contributed by atoms with Crippen molar-refractivity contribution in [2.75, 3.05) is 0 Å². The molecule has 2 atom stereocenters. The molecule has 4 nitrogen and oxygen atoms in total. The van der Waals surface area contributed by atoms with E-state index in [4.69, 9.17) is 14.5 Å². The van der Waals surface area contributed by atoms with Crippen molar-refractivity contribution in [3.63, 3.8) is 0 Å². The zero-order chi connectivity index (χ0) is 10.8.